The highest BCUT2D eigenvalue weighted by molar-refractivity contribution is 5.75. The summed E-state index contributed by atoms with van der Waals surface area (Å²) in [6.07, 6.45) is 9.42. The molecule has 0 aromatic rings. The molecule has 8 atom stereocenters. The molecule has 3 aliphatic heterocycles. The molecule has 0 bridgehead atoms. The maximum Gasteiger partial charge on any atom is 0.315 e. The van der Waals surface area contributed by atoms with Crippen LogP contribution in [-0.4, -0.2) is 55.1 Å². The van der Waals surface area contributed by atoms with Crippen LogP contribution in [0.15, 0.2) is 0 Å². The third kappa shape index (κ3) is 2.65. The first-order valence-corrected chi connectivity index (χ1v) is 10.8. The van der Waals surface area contributed by atoms with Gasteiger partial charge >= 0.3 is 5.97 Å². The molecule has 2 saturated carbocycles. The summed E-state index contributed by atoms with van der Waals surface area (Å²) in [4.78, 5) is 14.2. The lowest BCUT2D eigenvalue weighted by Gasteiger charge is -2.51. The van der Waals surface area contributed by atoms with E-state index in [1.807, 2.05) is 0 Å². The second kappa shape index (κ2) is 6.18. The van der Waals surface area contributed by atoms with E-state index in [1.54, 1.807) is 0 Å². The van der Waals surface area contributed by atoms with Crippen LogP contribution in [0.4, 0.5) is 0 Å². The van der Waals surface area contributed by atoms with Crippen LogP contribution in [0.3, 0.4) is 0 Å². The van der Waals surface area contributed by atoms with Gasteiger partial charge in [-0.15, -0.1) is 0 Å². The summed E-state index contributed by atoms with van der Waals surface area (Å²) in [5.41, 5.74) is 0.399. The molecule has 5 rings (SSSR count). The molecule has 1 spiro atoms. The van der Waals surface area contributed by atoms with Gasteiger partial charge in [-0.05, 0) is 56.3 Å². The van der Waals surface area contributed by atoms with Gasteiger partial charge in [0, 0.05) is 12.3 Å². The number of aliphatic hydroxyl groups excluding tert-OH is 1. The van der Waals surface area contributed by atoms with Crippen molar-refractivity contribution in [3.05, 3.63) is 0 Å². The Morgan fingerprint density at radius 3 is 2.88 bits per heavy atom. The highest BCUT2D eigenvalue weighted by atomic mass is 16.6. The Morgan fingerprint density at radius 2 is 2.12 bits per heavy atom. The van der Waals surface area contributed by atoms with Crippen molar-refractivity contribution < 1.29 is 24.3 Å². The van der Waals surface area contributed by atoms with Crippen molar-refractivity contribution in [2.45, 2.75) is 76.0 Å². The van der Waals surface area contributed by atoms with Gasteiger partial charge in [0.25, 0.3) is 0 Å². The molecule has 146 valence electrons. The van der Waals surface area contributed by atoms with Crippen molar-refractivity contribution in [3.63, 3.8) is 0 Å². The normalized spacial score (nSPS) is 53.1. The minimum atomic E-state index is 0.0180. The molecule has 3 heterocycles. The van der Waals surface area contributed by atoms with Crippen LogP contribution in [0, 0.1) is 23.2 Å². The average Bonchev–Trinajstić information content (AvgIpc) is 3.33. The van der Waals surface area contributed by atoms with Crippen LogP contribution in [0.5, 0.6) is 0 Å². The number of rotatable bonds is 3. The molecule has 3 saturated heterocycles. The number of epoxide rings is 1. The highest BCUT2D eigenvalue weighted by Crippen LogP contribution is 2.62. The molecule has 2 aliphatic carbocycles. The first-order valence-electron chi connectivity index (χ1n) is 10.8. The zero-order valence-corrected chi connectivity index (χ0v) is 16.0. The molecular weight excluding hydrogens is 330 g/mol. The molecule has 0 amide bonds. The number of ether oxygens (including phenoxy) is 2. The van der Waals surface area contributed by atoms with Crippen molar-refractivity contribution in [1.29, 1.82) is 0 Å². The molecule has 5 aliphatic rings. The lowest BCUT2D eigenvalue weighted by molar-refractivity contribution is -0.933. The van der Waals surface area contributed by atoms with E-state index in [1.165, 1.54) is 37.0 Å². The minimum Gasteiger partial charge on any atom is -0.462 e. The molecule has 5 heteroatoms. The number of carbonyl (C=O) groups excluding carboxylic acids is 1. The number of fused-ring (bicyclic) bond motifs is 3. The fourth-order valence-corrected chi connectivity index (χ4v) is 7.11. The van der Waals surface area contributed by atoms with Gasteiger partial charge in [-0.2, -0.15) is 0 Å². The molecular formula is C21H34NO4+. The third-order valence-corrected chi connectivity index (χ3v) is 8.66. The number of hydrogen-bond donors (Lipinski definition) is 2. The zero-order valence-electron chi connectivity index (χ0n) is 16.0. The van der Waals surface area contributed by atoms with E-state index >= 15 is 0 Å². The Kier molecular flexibility index (Phi) is 4.15. The van der Waals surface area contributed by atoms with E-state index in [0.717, 1.165) is 39.0 Å². The Balaban J connectivity index is 1.35. The fourth-order valence-electron chi connectivity index (χ4n) is 7.11. The SMILES string of the molecule is C[C@]12CCC[C@@]3(CO3)[C@@H]1C[C@H]1[C@@H](C2)OC(=O)[C@@H]1C[NH+]1CCCC[C@@H]1CO. The van der Waals surface area contributed by atoms with Gasteiger partial charge in [0.05, 0.1) is 31.9 Å². The van der Waals surface area contributed by atoms with Crippen molar-refractivity contribution in [3.8, 4) is 0 Å². The first kappa shape index (κ1) is 17.4. The highest BCUT2D eigenvalue weighted by Gasteiger charge is 2.65. The Bertz CT molecular complexity index is 576. The van der Waals surface area contributed by atoms with Gasteiger partial charge < -0.3 is 19.5 Å². The van der Waals surface area contributed by atoms with Crippen LogP contribution in [0.1, 0.15) is 58.3 Å². The zero-order chi connectivity index (χ0) is 17.9. The van der Waals surface area contributed by atoms with Gasteiger partial charge in [0.2, 0.25) is 0 Å². The summed E-state index contributed by atoms with van der Waals surface area (Å²) in [7, 11) is 0. The quantitative estimate of drug-likeness (QED) is 0.578. The molecule has 5 fully saturated rings. The summed E-state index contributed by atoms with van der Waals surface area (Å²) >= 11 is 0. The number of hydrogen-bond acceptors (Lipinski definition) is 4. The average molecular weight is 365 g/mol. The predicted molar refractivity (Wildman–Crippen MR) is 95.6 cm³/mol. The van der Waals surface area contributed by atoms with Crippen molar-refractivity contribution >= 4 is 5.97 Å². The number of esters is 1. The number of carbonyl (C=O) groups is 1. The number of quaternary nitrogens is 1. The van der Waals surface area contributed by atoms with E-state index in [0.29, 0.717) is 17.9 Å². The van der Waals surface area contributed by atoms with E-state index in [2.05, 4.69) is 6.92 Å². The molecule has 26 heavy (non-hydrogen) atoms. The van der Waals surface area contributed by atoms with Crippen molar-refractivity contribution in [2.24, 2.45) is 23.2 Å². The second-order valence-electron chi connectivity index (χ2n) is 10.1. The minimum absolute atomic E-state index is 0.0180. The van der Waals surface area contributed by atoms with Crippen LogP contribution in [0.25, 0.3) is 0 Å². The summed E-state index contributed by atoms with van der Waals surface area (Å²) in [5, 5.41) is 9.75. The van der Waals surface area contributed by atoms with Crippen LogP contribution < -0.4 is 4.90 Å². The summed E-state index contributed by atoms with van der Waals surface area (Å²) in [6, 6.07) is 0.303. The number of piperidine rings is 1. The van der Waals surface area contributed by atoms with Gasteiger partial charge in [-0.3, -0.25) is 4.79 Å². The fraction of sp³-hybridized carbons (Fsp3) is 0.952. The number of likely N-dealkylation sites (tertiary alicyclic amines) is 1. The largest absolute Gasteiger partial charge is 0.462 e. The van der Waals surface area contributed by atoms with E-state index in [4.69, 9.17) is 9.47 Å². The van der Waals surface area contributed by atoms with Crippen LogP contribution in [0.2, 0.25) is 0 Å². The molecule has 2 N–H and O–H groups in total. The van der Waals surface area contributed by atoms with Gasteiger partial charge in [0.1, 0.15) is 18.1 Å². The van der Waals surface area contributed by atoms with Gasteiger partial charge in [-0.1, -0.05) is 6.92 Å². The van der Waals surface area contributed by atoms with E-state index in [-0.39, 0.29) is 35.6 Å². The number of aliphatic hydroxyl groups is 1. The Morgan fingerprint density at radius 1 is 1.27 bits per heavy atom. The molecule has 1 unspecified atom stereocenters. The smallest absolute Gasteiger partial charge is 0.315 e. The van der Waals surface area contributed by atoms with E-state index in [9.17, 15) is 9.90 Å². The maximum absolute atomic E-state index is 12.8. The topological polar surface area (TPSA) is 63.5 Å². The van der Waals surface area contributed by atoms with Crippen LogP contribution >= 0.6 is 0 Å². The first-order chi connectivity index (χ1) is 12.5. The molecule has 5 nitrogen and oxygen atoms in total. The maximum atomic E-state index is 12.8. The van der Waals surface area contributed by atoms with E-state index < -0.39 is 0 Å². The molecule has 0 radical (unpaired) electrons. The Labute approximate surface area is 156 Å². The predicted octanol–water partition coefficient (Wildman–Crippen LogP) is 0.943. The third-order valence-electron chi connectivity index (χ3n) is 8.66. The second-order valence-corrected chi connectivity index (χ2v) is 10.1. The summed E-state index contributed by atoms with van der Waals surface area (Å²) < 4.78 is 11.9. The van der Waals surface area contributed by atoms with Crippen LogP contribution in [-0.2, 0) is 14.3 Å². The molecule has 0 aromatic carbocycles. The molecule has 0 aromatic heterocycles. The lowest BCUT2D eigenvalue weighted by Crippen LogP contribution is -3.17. The summed E-state index contributed by atoms with van der Waals surface area (Å²) in [6.45, 7) is 5.51. The van der Waals surface area contributed by atoms with Crippen molar-refractivity contribution in [2.75, 3.05) is 26.3 Å². The number of nitrogens with one attached hydrogen (secondary N) is 1. The van der Waals surface area contributed by atoms with Crippen molar-refractivity contribution in [1.82, 2.24) is 0 Å². The lowest BCUT2D eigenvalue weighted by atomic mass is 9.53. The summed E-state index contributed by atoms with van der Waals surface area (Å²) in [5.74, 6) is 0.993. The Hall–Kier alpha value is -0.650. The van der Waals surface area contributed by atoms with Gasteiger partial charge in [0.15, 0.2) is 0 Å². The standard InChI is InChI=1S/C21H33NO4/c1-20-6-4-7-21(13-25-21)18(20)9-15-16(19(24)26-17(15)10-20)11-22-8-3-2-5-14(22)12-23/h14-18,23H,2-13H2,1H3/p+1/t14-,15-,16-,17-,18-,20-,21-/m1/s1. The monoisotopic (exact) mass is 364 g/mol. The van der Waals surface area contributed by atoms with Gasteiger partial charge in [-0.25, -0.2) is 0 Å².